The lowest BCUT2D eigenvalue weighted by atomic mass is 9.80. The molecule has 258 valence electrons. The molecule has 1 aromatic heterocycles. The van der Waals surface area contributed by atoms with Crippen LogP contribution in [0.5, 0.6) is 0 Å². The van der Waals surface area contributed by atoms with Gasteiger partial charge in [-0.3, -0.25) is 0 Å². The number of anilines is 2. The predicted octanol–water partition coefficient (Wildman–Crippen LogP) is 12.1. The Morgan fingerprint density at radius 3 is 2.33 bits per heavy atom. The molecule has 4 nitrogen and oxygen atoms in total. The second-order valence-electron chi connectivity index (χ2n) is 15.2. The van der Waals surface area contributed by atoms with Gasteiger partial charge in [0.15, 0.2) is 5.82 Å². The van der Waals surface area contributed by atoms with Crippen molar-refractivity contribution in [3.05, 3.63) is 186 Å². The summed E-state index contributed by atoms with van der Waals surface area (Å²) < 4.78 is 0. The maximum Gasteiger partial charge on any atom is 0.160 e. The maximum atomic E-state index is 9.88. The van der Waals surface area contributed by atoms with Gasteiger partial charge in [0.2, 0.25) is 0 Å². The number of allylic oxidation sites excluding steroid dienone is 6. The highest BCUT2D eigenvalue weighted by molar-refractivity contribution is 5.90. The third kappa shape index (κ3) is 5.19. The molecule has 6 aromatic rings. The molecule has 4 aliphatic rings. The minimum atomic E-state index is -0.0823. The van der Waals surface area contributed by atoms with Crippen molar-refractivity contribution in [3.8, 4) is 51.0 Å². The van der Waals surface area contributed by atoms with E-state index in [0.717, 1.165) is 57.7 Å². The van der Waals surface area contributed by atoms with Crippen LogP contribution < -0.4 is 4.90 Å². The van der Waals surface area contributed by atoms with Crippen LogP contribution in [-0.4, -0.2) is 16.0 Å². The molecule has 10 rings (SSSR count). The first kappa shape index (κ1) is 32.1. The minimum absolute atomic E-state index is 0.0823. The zero-order valence-electron chi connectivity index (χ0n) is 30.4. The SMILES string of the molecule is CC1(C)c2ccccc2-c2cc3c(cc21)C1C=CC=CC1N3c1cc(-c2cccc(C#N)c2)cc(-c2cc(C3=CCCC=C3)nc(-c3ccccc3)n2)c1. The van der Waals surface area contributed by atoms with Crippen LogP contribution in [0.4, 0.5) is 11.4 Å². The number of rotatable bonds is 5. The van der Waals surface area contributed by atoms with E-state index in [9.17, 15) is 5.26 Å². The number of benzene rings is 5. The van der Waals surface area contributed by atoms with Gasteiger partial charge in [-0.15, -0.1) is 0 Å². The zero-order valence-corrected chi connectivity index (χ0v) is 30.4. The summed E-state index contributed by atoms with van der Waals surface area (Å²) in [6.07, 6.45) is 17.8. The summed E-state index contributed by atoms with van der Waals surface area (Å²) in [6, 6.07) is 43.4. The van der Waals surface area contributed by atoms with Crippen molar-refractivity contribution >= 4 is 16.9 Å². The van der Waals surface area contributed by atoms with Crippen molar-refractivity contribution in [1.82, 2.24) is 9.97 Å². The number of aromatic nitrogens is 2. The van der Waals surface area contributed by atoms with Crippen LogP contribution in [0, 0.1) is 11.3 Å². The predicted molar refractivity (Wildman–Crippen MR) is 220 cm³/mol. The molecule has 2 heterocycles. The largest absolute Gasteiger partial charge is 0.333 e. The minimum Gasteiger partial charge on any atom is -0.333 e. The van der Waals surface area contributed by atoms with Gasteiger partial charge >= 0.3 is 0 Å². The first-order valence-corrected chi connectivity index (χ1v) is 18.9. The third-order valence-corrected chi connectivity index (χ3v) is 11.6. The molecule has 0 bridgehead atoms. The van der Waals surface area contributed by atoms with Crippen molar-refractivity contribution in [1.29, 1.82) is 5.26 Å². The summed E-state index contributed by atoms with van der Waals surface area (Å²) in [4.78, 5) is 12.9. The van der Waals surface area contributed by atoms with E-state index in [1.54, 1.807) is 0 Å². The molecular weight excluding hydrogens is 657 g/mol. The Morgan fingerprint density at radius 2 is 1.48 bits per heavy atom. The summed E-state index contributed by atoms with van der Waals surface area (Å²) in [5.41, 5.74) is 16.5. The molecule has 0 N–H and O–H groups in total. The van der Waals surface area contributed by atoms with Crippen LogP contribution >= 0.6 is 0 Å². The van der Waals surface area contributed by atoms with Crippen LogP contribution in [0.15, 0.2) is 158 Å². The molecule has 2 atom stereocenters. The lowest BCUT2D eigenvalue weighted by Gasteiger charge is -2.30. The summed E-state index contributed by atoms with van der Waals surface area (Å²) in [5, 5.41) is 9.88. The lowest BCUT2D eigenvalue weighted by molar-refractivity contribution is 0.658. The molecule has 1 aliphatic heterocycles. The Balaban J connectivity index is 1.21. The topological polar surface area (TPSA) is 52.8 Å². The van der Waals surface area contributed by atoms with Crippen LogP contribution in [0.25, 0.3) is 50.5 Å². The first-order valence-electron chi connectivity index (χ1n) is 18.9. The molecule has 2 unspecified atom stereocenters. The Labute approximate surface area is 316 Å². The van der Waals surface area contributed by atoms with Gasteiger partial charge in [0.05, 0.1) is 29.1 Å². The quantitative estimate of drug-likeness (QED) is 0.180. The summed E-state index contributed by atoms with van der Waals surface area (Å²) >= 11 is 0. The van der Waals surface area contributed by atoms with E-state index in [0.29, 0.717) is 11.4 Å². The smallest absolute Gasteiger partial charge is 0.160 e. The van der Waals surface area contributed by atoms with Crippen molar-refractivity contribution in [3.63, 3.8) is 0 Å². The fraction of sp³-hybridized carbons (Fsp3) is 0.140. The zero-order chi connectivity index (χ0) is 36.4. The van der Waals surface area contributed by atoms with Gasteiger partial charge in [-0.2, -0.15) is 5.26 Å². The maximum absolute atomic E-state index is 9.88. The fourth-order valence-electron chi connectivity index (χ4n) is 8.93. The van der Waals surface area contributed by atoms with Gasteiger partial charge in [-0.25, -0.2) is 9.97 Å². The van der Waals surface area contributed by atoms with Gasteiger partial charge in [-0.1, -0.05) is 129 Å². The van der Waals surface area contributed by atoms with E-state index < -0.39 is 0 Å². The Kier molecular flexibility index (Phi) is 7.45. The normalized spacial score (nSPS) is 18.4. The second kappa shape index (κ2) is 12.5. The second-order valence-corrected chi connectivity index (χ2v) is 15.2. The molecule has 0 radical (unpaired) electrons. The highest BCUT2D eigenvalue weighted by Crippen LogP contribution is 2.56. The third-order valence-electron chi connectivity index (χ3n) is 11.6. The van der Waals surface area contributed by atoms with Crippen molar-refractivity contribution in [2.24, 2.45) is 0 Å². The van der Waals surface area contributed by atoms with Gasteiger partial charge in [-0.05, 0) is 99.8 Å². The fourth-order valence-corrected chi connectivity index (χ4v) is 8.93. The van der Waals surface area contributed by atoms with E-state index in [4.69, 9.17) is 9.97 Å². The van der Waals surface area contributed by atoms with Crippen molar-refractivity contribution < 1.29 is 0 Å². The van der Waals surface area contributed by atoms with Crippen LogP contribution in [0.1, 0.15) is 60.6 Å². The van der Waals surface area contributed by atoms with Crippen molar-refractivity contribution in [2.45, 2.75) is 44.1 Å². The van der Waals surface area contributed by atoms with Crippen LogP contribution in [0.2, 0.25) is 0 Å². The highest BCUT2D eigenvalue weighted by atomic mass is 15.2. The molecule has 0 fully saturated rings. The Hall–Kier alpha value is -6.57. The molecule has 3 aliphatic carbocycles. The van der Waals surface area contributed by atoms with Crippen LogP contribution in [0.3, 0.4) is 0 Å². The van der Waals surface area contributed by atoms with Gasteiger partial charge in [0, 0.05) is 33.8 Å². The molecule has 54 heavy (non-hydrogen) atoms. The number of hydrogen-bond acceptors (Lipinski definition) is 4. The van der Waals surface area contributed by atoms with Gasteiger partial charge < -0.3 is 4.90 Å². The standard InChI is InChI=1S/C50H38N4/c1-50(2)43-22-11-9-20-39(43)41-29-48-42(28-44(41)50)40-21-10-12-23-47(40)54(48)38-26-36(35-19-13-14-32(24-35)31-51)25-37(27-38)46-30-45(33-15-5-3-6-16-33)52-49(53-46)34-17-7-4-8-18-34/h4-5,7-30,40,47H,3,6H2,1-2H3. The number of hydrogen-bond donors (Lipinski definition) is 0. The first-order chi connectivity index (χ1) is 26.5. The van der Waals surface area contributed by atoms with Gasteiger partial charge in [0.25, 0.3) is 0 Å². The summed E-state index contributed by atoms with van der Waals surface area (Å²) in [7, 11) is 0. The summed E-state index contributed by atoms with van der Waals surface area (Å²) in [6.45, 7) is 4.71. The molecular formula is C50H38N4. The molecule has 5 aromatic carbocycles. The van der Waals surface area contributed by atoms with E-state index in [1.807, 2.05) is 36.4 Å². The van der Waals surface area contributed by atoms with E-state index in [1.165, 1.54) is 33.5 Å². The molecule has 0 amide bonds. The molecule has 0 spiro atoms. The molecule has 0 saturated carbocycles. The van der Waals surface area contributed by atoms with E-state index in [2.05, 4.69) is 146 Å². The Morgan fingerprint density at radius 1 is 0.685 bits per heavy atom. The van der Waals surface area contributed by atoms with E-state index >= 15 is 0 Å². The average Bonchev–Trinajstić information content (AvgIpc) is 3.68. The van der Waals surface area contributed by atoms with E-state index in [-0.39, 0.29) is 17.4 Å². The average molecular weight is 695 g/mol. The Bertz CT molecular complexity index is 2670. The summed E-state index contributed by atoms with van der Waals surface area (Å²) in [5.74, 6) is 0.911. The lowest BCUT2D eigenvalue weighted by Crippen LogP contribution is -2.28. The monoisotopic (exact) mass is 694 g/mol. The van der Waals surface area contributed by atoms with Crippen LogP contribution in [-0.2, 0) is 5.41 Å². The van der Waals surface area contributed by atoms with Gasteiger partial charge in [0.1, 0.15) is 0 Å². The molecule has 4 heteroatoms. The van der Waals surface area contributed by atoms with Crippen molar-refractivity contribution in [2.75, 3.05) is 4.90 Å². The number of nitrogens with zero attached hydrogens (tertiary/aromatic N) is 4. The number of fused-ring (bicyclic) bond motifs is 6. The molecule has 0 saturated heterocycles. The highest BCUT2D eigenvalue weighted by Gasteiger charge is 2.42. The number of nitriles is 1.